The SMILES string of the molecule is CSN[C@@H](C)c1ccc(F)cc1F. The maximum Gasteiger partial charge on any atom is 0.130 e. The third-order valence-electron chi connectivity index (χ3n) is 1.72. The van der Waals surface area contributed by atoms with Crippen LogP contribution in [0.3, 0.4) is 0 Å². The maximum atomic E-state index is 13.1. The van der Waals surface area contributed by atoms with E-state index in [2.05, 4.69) is 4.72 Å². The minimum Gasteiger partial charge on any atom is -0.257 e. The fraction of sp³-hybridized carbons (Fsp3) is 0.333. The van der Waals surface area contributed by atoms with Crippen LogP contribution in [0.15, 0.2) is 18.2 Å². The molecule has 0 amide bonds. The fourth-order valence-corrected chi connectivity index (χ4v) is 1.57. The van der Waals surface area contributed by atoms with E-state index in [-0.39, 0.29) is 6.04 Å². The smallest absolute Gasteiger partial charge is 0.130 e. The van der Waals surface area contributed by atoms with E-state index in [0.717, 1.165) is 6.07 Å². The quantitative estimate of drug-likeness (QED) is 0.758. The minimum absolute atomic E-state index is 0.115. The van der Waals surface area contributed by atoms with Crippen molar-refractivity contribution in [3.8, 4) is 0 Å². The van der Waals surface area contributed by atoms with Gasteiger partial charge in [0.1, 0.15) is 11.6 Å². The Morgan fingerprint density at radius 1 is 1.38 bits per heavy atom. The average molecular weight is 203 g/mol. The van der Waals surface area contributed by atoms with Gasteiger partial charge in [0, 0.05) is 17.7 Å². The Morgan fingerprint density at radius 3 is 2.62 bits per heavy atom. The molecule has 0 spiro atoms. The second-order valence-electron chi connectivity index (χ2n) is 2.71. The minimum atomic E-state index is -0.544. The zero-order chi connectivity index (χ0) is 9.84. The van der Waals surface area contributed by atoms with Gasteiger partial charge in [-0.15, -0.1) is 0 Å². The summed E-state index contributed by atoms with van der Waals surface area (Å²) in [5.74, 6) is -1.05. The summed E-state index contributed by atoms with van der Waals surface area (Å²) in [5.41, 5.74) is 0.482. The lowest BCUT2D eigenvalue weighted by Crippen LogP contribution is -2.11. The predicted molar refractivity (Wildman–Crippen MR) is 51.4 cm³/mol. The van der Waals surface area contributed by atoms with E-state index in [1.165, 1.54) is 24.1 Å². The highest BCUT2D eigenvalue weighted by Gasteiger charge is 2.10. The molecule has 1 atom stereocenters. The van der Waals surface area contributed by atoms with Gasteiger partial charge in [0.05, 0.1) is 0 Å². The van der Waals surface area contributed by atoms with Gasteiger partial charge in [-0.2, -0.15) is 0 Å². The highest BCUT2D eigenvalue weighted by Crippen LogP contribution is 2.18. The number of halogens is 2. The van der Waals surface area contributed by atoms with Crippen molar-refractivity contribution in [2.75, 3.05) is 6.26 Å². The van der Waals surface area contributed by atoms with E-state index < -0.39 is 11.6 Å². The summed E-state index contributed by atoms with van der Waals surface area (Å²) in [7, 11) is 0. The summed E-state index contributed by atoms with van der Waals surface area (Å²) >= 11 is 1.41. The molecule has 0 aliphatic carbocycles. The van der Waals surface area contributed by atoms with Crippen molar-refractivity contribution in [3.63, 3.8) is 0 Å². The number of hydrogen-bond donors (Lipinski definition) is 1. The molecule has 13 heavy (non-hydrogen) atoms. The van der Waals surface area contributed by atoms with Crippen LogP contribution in [0.25, 0.3) is 0 Å². The van der Waals surface area contributed by atoms with Crippen LogP contribution >= 0.6 is 11.9 Å². The maximum absolute atomic E-state index is 13.1. The van der Waals surface area contributed by atoms with Gasteiger partial charge in [-0.05, 0) is 19.2 Å². The van der Waals surface area contributed by atoms with Crippen molar-refractivity contribution >= 4 is 11.9 Å². The monoisotopic (exact) mass is 203 g/mol. The third kappa shape index (κ3) is 2.67. The van der Waals surface area contributed by atoms with Crippen LogP contribution in [-0.2, 0) is 0 Å². The van der Waals surface area contributed by atoms with Gasteiger partial charge in [0.15, 0.2) is 0 Å². The molecule has 1 aromatic rings. The molecule has 1 aromatic carbocycles. The van der Waals surface area contributed by atoms with E-state index in [1.807, 2.05) is 13.2 Å². The summed E-state index contributed by atoms with van der Waals surface area (Å²) < 4.78 is 28.6. The Labute approximate surface area is 80.7 Å². The molecule has 0 fully saturated rings. The Balaban J connectivity index is 2.88. The fourth-order valence-electron chi connectivity index (χ4n) is 1.09. The molecule has 0 radical (unpaired) electrons. The Bertz CT molecular complexity index is 291. The van der Waals surface area contributed by atoms with Crippen molar-refractivity contribution in [1.82, 2.24) is 4.72 Å². The van der Waals surface area contributed by atoms with Crippen LogP contribution in [0, 0.1) is 11.6 Å². The van der Waals surface area contributed by atoms with Gasteiger partial charge in [-0.25, -0.2) is 8.78 Å². The molecule has 0 saturated carbocycles. The van der Waals surface area contributed by atoms with Crippen molar-refractivity contribution < 1.29 is 8.78 Å². The average Bonchev–Trinajstić information content (AvgIpc) is 2.04. The highest BCUT2D eigenvalue weighted by atomic mass is 32.2. The molecule has 1 nitrogen and oxygen atoms in total. The Kier molecular flexibility index (Phi) is 3.69. The van der Waals surface area contributed by atoms with Gasteiger partial charge in [0.25, 0.3) is 0 Å². The standard InChI is InChI=1S/C9H11F2NS/c1-6(12-13-2)8-4-3-7(10)5-9(8)11/h3-6,12H,1-2H3/t6-/m0/s1. The molecule has 0 unspecified atom stereocenters. The van der Waals surface area contributed by atoms with Crippen molar-refractivity contribution in [1.29, 1.82) is 0 Å². The second kappa shape index (κ2) is 4.58. The normalized spacial score (nSPS) is 12.9. The van der Waals surface area contributed by atoms with Crippen LogP contribution in [0.1, 0.15) is 18.5 Å². The van der Waals surface area contributed by atoms with Crippen molar-refractivity contribution in [2.24, 2.45) is 0 Å². The van der Waals surface area contributed by atoms with Gasteiger partial charge in [0.2, 0.25) is 0 Å². The van der Waals surface area contributed by atoms with Crippen LogP contribution in [0.4, 0.5) is 8.78 Å². The summed E-state index contributed by atoms with van der Waals surface area (Å²) in [4.78, 5) is 0. The van der Waals surface area contributed by atoms with Gasteiger partial charge in [-0.1, -0.05) is 18.0 Å². The van der Waals surface area contributed by atoms with Crippen molar-refractivity contribution in [3.05, 3.63) is 35.4 Å². The first kappa shape index (κ1) is 10.5. The molecule has 0 aliphatic heterocycles. The number of benzene rings is 1. The lowest BCUT2D eigenvalue weighted by Gasteiger charge is -2.12. The van der Waals surface area contributed by atoms with E-state index >= 15 is 0 Å². The topological polar surface area (TPSA) is 12.0 Å². The second-order valence-corrected chi connectivity index (χ2v) is 3.35. The number of nitrogens with one attached hydrogen (secondary N) is 1. The van der Waals surface area contributed by atoms with Gasteiger partial charge >= 0.3 is 0 Å². The molecular weight excluding hydrogens is 192 g/mol. The molecule has 4 heteroatoms. The summed E-state index contributed by atoms with van der Waals surface area (Å²) in [6.07, 6.45) is 1.86. The van der Waals surface area contributed by atoms with Gasteiger partial charge in [-0.3, -0.25) is 4.72 Å². The van der Waals surface area contributed by atoms with Gasteiger partial charge < -0.3 is 0 Å². The molecule has 1 rings (SSSR count). The van der Waals surface area contributed by atoms with Crippen LogP contribution in [-0.4, -0.2) is 6.26 Å². The summed E-state index contributed by atoms with van der Waals surface area (Å²) in [5, 5.41) is 0. The zero-order valence-electron chi connectivity index (χ0n) is 7.47. The molecule has 1 N–H and O–H groups in total. The number of rotatable bonds is 3. The Morgan fingerprint density at radius 2 is 2.08 bits per heavy atom. The molecule has 0 heterocycles. The van der Waals surface area contributed by atoms with Crippen LogP contribution in [0.5, 0.6) is 0 Å². The third-order valence-corrected chi connectivity index (χ3v) is 2.31. The first-order valence-electron chi connectivity index (χ1n) is 3.88. The number of hydrogen-bond acceptors (Lipinski definition) is 2. The molecular formula is C9H11F2NS. The molecule has 0 saturated heterocycles. The van der Waals surface area contributed by atoms with E-state index in [4.69, 9.17) is 0 Å². The first-order valence-corrected chi connectivity index (χ1v) is 5.11. The Hall–Kier alpha value is -0.610. The lowest BCUT2D eigenvalue weighted by molar-refractivity contribution is 0.557. The van der Waals surface area contributed by atoms with Crippen LogP contribution < -0.4 is 4.72 Å². The molecule has 0 aliphatic rings. The van der Waals surface area contributed by atoms with E-state index in [9.17, 15) is 8.78 Å². The summed E-state index contributed by atoms with van der Waals surface area (Å²) in [6.45, 7) is 1.83. The van der Waals surface area contributed by atoms with Crippen LogP contribution in [0.2, 0.25) is 0 Å². The molecule has 0 aromatic heterocycles. The van der Waals surface area contributed by atoms with E-state index in [1.54, 1.807) is 0 Å². The molecule has 72 valence electrons. The first-order chi connectivity index (χ1) is 6.15. The zero-order valence-corrected chi connectivity index (χ0v) is 8.29. The largest absolute Gasteiger partial charge is 0.257 e. The van der Waals surface area contributed by atoms with Crippen molar-refractivity contribution in [2.45, 2.75) is 13.0 Å². The highest BCUT2D eigenvalue weighted by molar-refractivity contribution is 7.96. The lowest BCUT2D eigenvalue weighted by atomic mass is 10.1. The van der Waals surface area contributed by atoms with E-state index in [0.29, 0.717) is 5.56 Å². The predicted octanol–water partition coefficient (Wildman–Crippen LogP) is 2.89. The summed E-state index contributed by atoms with van der Waals surface area (Å²) in [6, 6.07) is 3.50. The molecule has 0 bridgehead atoms.